The van der Waals surface area contributed by atoms with Gasteiger partial charge in [-0.3, -0.25) is 14.2 Å². The summed E-state index contributed by atoms with van der Waals surface area (Å²) in [6.07, 6.45) is 0. The summed E-state index contributed by atoms with van der Waals surface area (Å²) in [7, 11) is 0. The van der Waals surface area contributed by atoms with E-state index in [9.17, 15) is 14.4 Å². The predicted molar refractivity (Wildman–Crippen MR) is 99.0 cm³/mol. The van der Waals surface area contributed by atoms with Crippen molar-refractivity contribution < 1.29 is 9.59 Å². The summed E-state index contributed by atoms with van der Waals surface area (Å²) < 4.78 is 1.32. The first kappa shape index (κ1) is 17.2. The van der Waals surface area contributed by atoms with Gasteiger partial charge in [0.15, 0.2) is 0 Å². The van der Waals surface area contributed by atoms with E-state index in [1.165, 1.54) is 4.57 Å². The van der Waals surface area contributed by atoms with Crippen LogP contribution in [0, 0.1) is 6.92 Å². The first-order valence-corrected chi connectivity index (χ1v) is 7.86. The summed E-state index contributed by atoms with van der Waals surface area (Å²) in [5.41, 5.74) is 6.33. The quantitative estimate of drug-likeness (QED) is 0.664. The minimum Gasteiger partial charge on any atom is -0.351 e. The van der Waals surface area contributed by atoms with Crippen LogP contribution in [0.3, 0.4) is 0 Å². The second-order valence-electron chi connectivity index (χ2n) is 5.69. The monoisotopic (exact) mass is 351 g/mol. The van der Waals surface area contributed by atoms with Gasteiger partial charge in [-0.1, -0.05) is 18.2 Å². The minimum atomic E-state index is -0.696. The summed E-state index contributed by atoms with van der Waals surface area (Å²) >= 11 is 0. The van der Waals surface area contributed by atoms with Gasteiger partial charge < -0.3 is 16.4 Å². The van der Waals surface area contributed by atoms with E-state index >= 15 is 0 Å². The van der Waals surface area contributed by atoms with Crippen LogP contribution in [0.5, 0.6) is 0 Å². The van der Waals surface area contributed by atoms with Crippen molar-refractivity contribution in [3.63, 3.8) is 0 Å². The predicted octanol–water partition coefficient (Wildman–Crippen LogP) is 1.83. The lowest BCUT2D eigenvalue weighted by atomic mass is 10.2. The molecule has 1 heterocycles. The Kier molecular flexibility index (Phi) is 4.66. The van der Waals surface area contributed by atoms with Crippen LogP contribution in [-0.2, 0) is 11.3 Å². The van der Waals surface area contributed by atoms with Gasteiger partial charge >= 0.3 is 6.03 Å². The number of benzene rings is 2. The molecule has 0 fully saturated rings. The third-order valence-corrected chi connectivity index (χ3v) is 3.77. The molecule has 4 N–H and O–H groups in total. The largest absolute Gasteiger partial charge is 0.351 e. The van der Waals surface area contributed by atoms with Crippen molar-refractivity contribution in [2.45, 2.75) is 13.5 Å². The van der Waals surface area contributed by atoms with E-state index in [2.05, 4.69) is 15.6 Å². The summed E-state index contributed by atoms with van der Waals surface area (Å²) in [4.78, 5) is 40.2. The molecular formula is C18H17N5O3. The normalized spacial score (nSPS) is 10.5. The number of carbonyl (C=O) groups excluding carboxylic acids is 2. The zero-order valence-corrected chi connectivity index (χ0v) is 14.0. The number of nitrogens with two attached hydrogens (primary N) is 1. The number of primary amides is 1. The fourth-order valence-electron chi connectivity index (χ4n) is 2.63. The molecule has 132 valence electrons. The van der Waals surface area contributed by atoms with Crippen LogP contribution in [-0.4, -0.2) is 21.5 Å². The highest BCUT2D eigenvalue weighted by Crippen LogP contribution is 2.15. The molecule has 3 amide bonds. The minimum absolute atomic E-state index is 0.171. The van der Waals surface area contributed by atoms with E-state index in [-0.39, 0.29) is 18.0 Å². The van der Waals surface area contributed by atoms with E-state index in [0.717, 1.165) is 0 Å². The van der Waals surface area contributed by atoms with Crippen molar-refractivity contribution in [1.82, 2.24) is 9.55 Å². The highest BCUT2D eigenvalue weighted by atomic mass is 16.2. The molecular weight excluding hydrogens is 334 g/mol. The summed E-state index contributed by atoms with van der Waals surface area (Å²) in [5, 5.41) is 5.57. The fraction of sp³-hybridized carbons (Fsp3) is 0.111. The zero-order chi connectivity index (χ0) is 18.7. The van der Waals surface area contributed by atoms with Gasteiger partial charge in [0.1, 0.15) is 12.4 Å². The van der Waals surface area contributed by atoms with Gasteiger partial charge in [0.05, 0.1) is 10.9 Å². The number of rotatable bonds is 4. The van der Waals surface area contributed by atoms with Crippen LogP contribution < -0.4 is 21.9 Å². The van der Waals surface area contributed by atoms with Crippen molar-refractivity contribution in [2.75, 3.05) is 10.6 Å². The molecule has 8 nitrogen and oxygen atoms in total. The van der Waals surface area contributed by atoms with Crippen LogP contribution in [0.25, 0.3) is 10.9 Å². The zero-order valence-electron chi connectivity index (χ0n) is 14.0. The molecule has 26 heavy (non-hydrogen) atoms. The van der Waals surface area contributed by atoms with Crippen LogP contribution in [0.2, 0.25) is 0 Å². The molecule has 0 radical (unpaired) electrons. The summed E-state index contributed by atoms with van der Waals surface area (Å²) in [6.45, 7) is 1.51. The third-order valence-electron chi connectivity index (χ3n) is 3.77. The number of aromatic nitrogens is 2. The van der Waals surface area contributed by atoms with Crippen LogP contribution >= 0.6 is 0 Å². The highest BCUT2D eigenvalue weighted by Gasteiger charge is 2.11. The number of carbonyl (C=O) groups is 2. The number of nitrogens with one attached hydrogen (secondary N) is 2. The number of hydrogen-bond donors (Lipinski definition) is 3. The molecule has 0 saturated heterocycles. The Balaban J connectivity index is 1.82. The number of para-hydroxylation sites is 1. The Morgan fingerprint density at radius 2 is 1.77 bits per heavy atom. The maximum Gasteiger partial charge on any atom is 0.316 e. The van der Waals surface area contributed by atoms with Gasteiger partial charge in [-0.05, 0) is 37.3 Å². The summed E-state index contributed by atoms with van der Waals surface area (Å²) in [6, 6.07) is 12.8. The summed E-state index contributed by atoms with van der Waals surface area (Å²) in [5.74, 6) is 0.0662. The Hall–Kier alpha value is -3.68. The molecule has 0 aliphatic rings. The standard InChI is InChI=1S/C18H17N5O3/c1-11-20-15-8-3-2-7-14(15)17(25)23(11)10-16(24)21-12-5-4-6-13(9-12)22-18(19)26/h2-9H,10H2,1H3,(H,21,24)(H3,19,22,26). The second kappa shape index (κ2) is 7.06. The molecule has 0 bridgehead atoms. The third kappa shape index (κ3) is 3.69. The molecule has 0 spiro atoms. The van der Waals surface area contributed by atoms with Crippen LogP contribution in [0.4, 0.5) is 16.2 Å². The molecule has 3 rings (SSSR count). The topological polar surface area (TPSA) is 119 Å². The first-order valence-electron chi connectivity index (χ1n) is 7.86. The molecule has 0 saturated carbocycles. The molecule has 8 heteroatoms. The molecule has 3 aromatic rings. The molecule has 0 atom stereocenters. The van der Waals surface area contributed by atoms with Gasteiger partial charge in [-0.25, -0.2) is 9.78 Å². The second-order valence-corrected chi connectivity index (χ2v) is 5.69. The molecule has 0 unspecified atom stereocenters. The van der Waals surface area contributed by atoms with Crippen molar-refractivity contribution in [2.24, 2.45) is 5.73 Å². The van der Waals surface area contributed by atoms with E-state index in [1.54, 1.807) is 55.5 Å². The number of amides is 3. The highest BCUT2D eigenvalue weighted by molar-refractivity contribution is 5.93. The number of aryl methyl sites for hydroxylation is 1. The lowest BCUT2D eigenvalue weighted by Gasteiger charge is -2.12. The maximum absolute atomic E-state index is 12.6. The number of hydrogen-bond acceptors (Lipinski definition) is 4. The first-order chi connectivity index (χ1) is 12.4. The molecule has 0 aliphatic heterocycles. The SMILES string of the molecule is Cc1nc2ccccc2c(=O)n1CC(=O)Nc1cccc(NC(N)=O)c1. The average Bonchev–Trinajstić information content (AvgIpc) is 2.58. The Morgan fingerprint density at radius 3 is 2.50 bits per heavy atom. The molecule has 0 aliphatic carbocycles. The van der Waals surface area contributed by atoms with Crippen molar-refractivity contribution in [3.05, 3.63) is 64.7 Å². The lowest BCUT2D eigenvalue weighted by Crippen LogP contribution is -2.30. The Labute approximate surface area is 148 Å². The van der Waals surface area contributed by atoms with Crippen molar-refractivity contribution >= 4 is 34.2 Å². The van der Waals surface area contributed by atoms with Crippen molar-refractivity contribution in [3.8, 4) is 0 Å². The van der Waals surface area contributed by atoms with Gasteiger partial charge in [-0.2, -0.15) is 0 Å². The van der Waals surface area contributed by atoms with E-state index in [1.807, 2.05) is 0 Å². The van der Waals surface area contributed by atoms with Crippen molar-refractivity contribution in [1.29, 1.82) is 0 Å². The average molecular weight is 351 g/mol. The smallest absolute Gasteiger partial charge is 0.316 e. The van der Waals surface area contributed by atoms with E-state index in [4.69, 9.17) is 5.73 Å². The van der Waals surface area contributed by atoms with Gasteiger partial charge in [0, 0.05) is 11.4 Å². The van der Waals surface area contributed by atoms with Crippen LogP contribution in [0.1, 0.15) is 5.82 Å². The Bertz CT molecular complexity index is 1060. The van der Waals surface area contributed by atoms with E-state index in [0.29, 0.717) is 28.1 Å². The van der Waals surface area contributed by atoms with Gasteiger partial charge in [0.25, 0.3) is 5.56 Å². The van der Waals surface area contributed by atoms with Gasteiger partial charge in [0.2, 0.25) is 5.91 Å². The maximum atomic E-state index is 12.6. The molecule has 1 aromatic heterocycles. The van der Waals surface area contributed by atoms with Gasteiger partial charge in [-0.15, -0.1) is 0 Å². The van der Waals surface area contributed by atoms with E-state index < -0.39 is 6.03 Å². The fourth-order valence-corrected chi connectivity index (χ4v) is 2.63. The number of fused-ring (bicyclic) bond motifs is 1. The number of urea groups is 1. The van der Waals surface area contributed by atoms with Crippen LogP contribution in [0.15, 0.2) is 53.3 Å². The Morgan fingerprint density at radius 1 is 1.08 bits per heavy atom. The number of nitrogens with zero attached hydrogens (tertiary/aromatic N) is 2. The molecule has 2 aromatic carbocycles. The lowest BCUT2D eigenvalue weighted by molar-refractivity contribution is -0.116. The number of anilines is 2.